The zero-order valence-corrected chi connectivity index (χ0v) is 15.5. The highest BCUT2D eigenvalue weighted by molar-refractivity contribution is 9.10. The summed E-state index contributed by atoms with van der Waals surface area (Å²) in [7, 11) is -7.54. The average Bonchev–Trinajstić information content (AvgIpc) is 2.49. The summed E-state index contributed by atoms with van der Waals surface area (Å²) < 4.78 is 49.7. The van der Waals surface area contributed by atoms with E-state index in [0.29, 0.717) is 10.9 Å². The number of nitrogens with two attached hydrogens (primary N) is 2. The molecule has 1 aromatic carbocycles. The Balaban J connectivity index is 2.04. The first kappa shape index (κ1) is 18.8. The van der Waals surface area contributed by atoms with Crippen molar-refractivity contribution in [3.63, 3.8) is 0 Å². The summed E-state index contributed by atoms with van der Waals surface area (Å²) in [5.74, 6) is -0.0943. The van der Waals surface area contributed by atoms with Crippen molar-refractivity contribution in [2.75, 3.05) is 12.3 Å². The van der Waals surface area contributed by atoms with Gasteiger partial charge in [-0.3, -0.25) is 0 Å². The number of nitrogen functional groups attached to an aromatic ring is 1. The van der Waals surface area contributed by atoms with Crippen molar-refractivity contribution in [2.45, 2.75) is 16.2 Å². The molecule has 0 bridgehead atoms. The molecule has 0 aliphatic carbocycles. The molecule has 0 atom stereocenters. The third-order valence-electron chi connectivity index (χ3n) is 3.10. The number of primary sulfonamides is 1. The van der Waals surface area contributed by atoms with Crippen LogP contribution in [0.25, 0.3) is 0 Å². The first-order valence-electron chi connectivity index (χ1n) is 6.62. The highest BCUT2D eigenvalue weighted by atomic mass is 79.9. The molecule has 0 saturated carbocycles. The summed E-state index contributed by atoms with van der Waals surface area (Å²) in [4.78, 5) is 3.68. The smallest absolute Gasteiger partial charge is 0.244 e. The molecular weight excluding hydrogens is 420 g/mol. The van der Waals surface area contributed by atoms with E-state index in [2.05, 4.69) is 25.6 Å². The molecule has 0 unspecified atom stereocenters. The quantitative estimate of drug-likeness (QED) is 0.606. The van der Waals surface area contributed by atoms with Crippen LogP contribution in [-0.4, -0.2) is 28.4 Å². The Bertz CT molecular complexity index is 944. The number of hydrogen-bond acceptors (Lipinski definition) is 6. The van der Waals surface area contributed by atoms with Gasteiger partial charge in [0.1, 0.15) is 10.7 Å². The van der Waals surface area contributed by atoms with Crippen molar-refractivity contribution in [1.29, 1.82) is 0 Å². The van der Waals surface area contributed by atoms with E-state index in [0.717, 1.165) is 5.56 Å². The van der Waals surface area contributed by atoms with Gasteiger partial charge in [-0.15, -0.1) is 0 Å². The monoisotopic (exact) mass is 434 g/mol. The molecule has 0 fully saturated rings. The second kappa shape index (κ2) is 7.15. The molecule has 0 spiro atoms. The predicted octanol–water partition coefficient (Wildman–Crippen LogP) is 0.595. The normalized spacial score (nSPS) is 12.2. The minimum Gasteiger partial charge on any atom is -0.383 e. The molecule has 1 aromatic heterocycles. The lowest BCUT2D eigenvalue weighted by molar-refractivity contribution is 0.581. The minimum absolute atomic E-state index is 0.000172. The topological polar surface area (TPSA) is 145 Å². The van der Waals surface area contributed by atoms with E-state index >= 15 is 0 Å². The van der Waals surface area contributed by atoms with Gasteiger partial charge >= 0.3 is 0 Å². The maximum absolute atomic E-state index is 12.2. The van der Waals surface area contributed by atoms with E-state index in [1.165, 1.54) is 24.4 Å². The molecule has 0 aliphatic heterocycles. The number of hydrogen-bond donors (Lipinski definition) is 3. The fourth-order valence-electron chi connectivity index (χ4n) is 1.90. The van der Waals surface area contributed by atoms with Gasteiger partial charge in [0.2, 0.25) is 20.0 Å². The average molecular weight is 435 g/mol. The number of pyridine rings is 1. The van der Waals surface area contributed by atoms with Crippen molar-refractivity contribution in [3.8, 4) is 0 Å². The highest BCUT2D eigenvalue weighted by Gasteiger charge is 2.18. The van der Waals surface area contributed by atoms with E-state index in [1.807, 2.05) is 0 Å². The molecule has 0 saturated heterocycles. The third-order valence-corrected chi connectivity index (χ3v) is 5.95. The molecular formula is C13H15BrN4O4S2. The zero-order valence-electron chi connectivity index (χ0n) is 12.3. The first-order chi connectivity index (χ1) is 11.1. The van der Waals surface area contributed by atoms with Crippen LogP contribution in [0.15, 0.2) is 50.8 Å². The Morgan fingerprint density at radius 2 is 1.75 bits per heavy atom. The lowest BCUT2D eigenvalue weighted by Crippen LogP contribution is -2.27. The number of nitrogens with one attached hydrogen (secondary N) is 1. The van der Waals surface area contributed by atoms with Crippen LogP contribution in [-0.2, 0) is 26.5 Å². The van der Waals surface area contributed by atoms with Crippen LogP contribution >= 0.6 is 15.9 Å². The van der Waals surface area contributed by atoms with Crippen molar-refractivity contribution < 1.29 is 16.8 Å². The van der Waals surface area contributed by atoms with E-state index in [-0.39, 0.29) is 22.2 Å². The molecule has 130 valence electrons. The van der Waals surface area contributed by atoms with Crippen molar-refractivity contribution in [2.24, 2.45) is 5.14 Å². The molecule has 2 aromatic rings. The molecule has 1 heterocycles. The Morgan fingerprint density at radius 3 is 2.33 bits per heavy atom. The number of aromatic nitrogens is 1. The summed E-state index contributed by atoms with van der Waals surface area (Å²) in [5.41, 5.74) is 6.35. The molecule has 0 aliphatic rings. The molecule has 24 heavy (non-hydrogen) atoms. The summed E-state index contributed by atoms with van der Waals surface area (Å²) in [6.45, 7) is 0.114. The number of nitrogens with zero attached hydrogens (tertiary/aromatic N) is 1. The Kier molecular flexibility index (Phi) is 5.60. The maximum atomic E-state index is 12.2. The first-order valence-corrected chi connectivity index (χ1v) is 10.4. The SMILES string of the molecule is Nc1ncc(Br)cc1S(=O)(=O)NCCc1ccc(S(N)(=O)=O)cc1. The molecule has 5 N–H and O–H groups in total. The van der Waals surface area contributed by atoms with E-state index in [1.54, 1.807) is 12.1 Å². The lowest BCUT2D eigenvalue weighted by atomic mass is 10.2. The van der Waals surface area contributed by atoms with Crippen molar-refractivity contribution in [3.05, 3.63) is 46.6 Å². The van der Waals surface area contributed by atoms with Gasteiger partial charge in [-0.05, 0) is 46.1 Å². The second-order valence-electron chi connectivity index (χ2n) is 4.87. The fraction of sp³-hybridized carbons (Fsp3) is 0.154. The van der Waals surface area contributed by atoms with E-state index in [9.17, 15) is 16.8 Å². The van der Waals surface area contributed by atoms with Gasteiger partial charge in [-0.1, -0.05) is 12.1 Å². The Morgan fingerprint density at radius 1 is 1.12 bits per heavy atom. The molecule has 2 rings (SSSR count). The molecule has 0 amide bonds. The van der Waals surface area contributed by atoms with Gasteiger partial charge < -0.3 is 5.73 Å². The number of halogens is 1. The van der Waals surface area contributed by atoms with Crippen LogP contribution < -0.4 is 15.6 Å². The van der Waals surface area contributed by atoms with Crippen LogP contribution in [0.2, 0.25) is 0 Å². The second-order valence-corrected chi connectivity index (χ2v) is 9.09. The minimum atomic E-state index is -3.80. The molecule has 11 heteroatoms. The number of benzene rings is 1. The van der Waals surface area contributed by atoms with Gasteiger partial charge in [0.05, 0.1) is 4.90 Å². The summed E-state index contributed by atoms with van der Waals surface area (Å²) in [6.07, 6.45) is 1.77. The summed E-state index contributed by atoms with van der Waals surface area (Å²) >= 11 is 3.15. The molecule has 0 radical (unpaired) electrons. The van der Waals surface area contributed by atoms with E-state index < -0.39 is 20.0 Å². The third kappa shape index (κ3) is 4.74. The van der Waals surface area contributed by atoms with Gasteiger partial charge in [0.15, 0.2) is 0 Å². The van der Waals surface area contributed by atoms with Crippen molar-refractivity contribution >= 4 is 41.8 Å². The number of rotatable bonds is 6. The van der Waals surface area contributed by atoms with Gasteiger partial charge in [-0.25, -0.2) is 31.7 Å². The standard InChI is InChI=1S/C13H15BrN4O4S2/c14-10-7-12(13(15)17-8-10)24(21,22)18-6-5-9-1-3-11(4-2-9)23(16,19)20/h1-4,7-8,18H,5-6H2,(H2,15,17)(H2,16,19,20). The molecule has 8 nitrogen and oxygen atoms in total. The van der Waals surface area contributed by atoms with Gasteiger partial charge in [-0.2, -0.15) is 0 Å². The highest BCUT2D eigenvalue weighted by Crippen LogP contribution is 2.20. The van der Waals surface area contributed by atoms with Crippen LogP contribution in [0.4, 0.5) is 5.82 Å². The maximum Gasteiger partial charge on any atom is 0.244 e. The van der Waals surface area contributed by atoms with Gasteiger partial charge in [0.25, 0.3) is 0 Å². The van der Waals surface area contributed by atoms with Crippen LogP contribution in [0.3, 0.4) is 0 Å². The van der Waals surface area contributed by atoms with Crippen molar-refractivity contribution in [1.82, 2.24) is 9.71 Å². The van der Waals surface area contributed by atoms with Crippen LogP contribution in [0.5, 0.6) is 0 Å². The van der Waals surface area contributed by atoms with Crippen LogP contribution in [0, 0.1) is 0 Å². The van der Waals surface area contributed by atoms with Crippen LogP contribution in [0.1, 0.15) is 5.56 Å². The predicted molar refractivity (Wildman–Crippen MR) is 93.1 cm³/mol. The Hall–Kier alpha value is -1.53. The van der Waals surface area contributed by atoms with Gasteiger partial charge in [0, 0.05) is 17.2 Å². The largest absolute Gasteiger partial charge is 0.383 e. The zero-order chi connectivity index (χ0) is 18.0. The number of sulfonamides is 2. The number of anilines is 1. The Labute approximate surface area is 148 Å². The summed E-state index contributed by atoms with van der Waals surface area (Å²) in [6, 6.07) is 7.25. The summed E-state index contributed by atoms with van der Waals surface area (Å²) in [5, 5.41) is 5.01. The lowest BCUT2D eigenvalue weighted by Gasteiger charge is -2.09. The fourth-order valence-corrected chi connectivity index (χ4v) is 4.03. The van der Waals surface area contributed by atoms with E-state index in [4.69, 9.17) is 10.9 Å².